The number of benzene rings is 1. The SMILES string of the molecule is Cc1cccc(NC(=O)c2sc3nc4c(c(N)c3c2-c2cccs2)CN(C)CC4)c1. The van der Waals surface area contributed by atoms with E-state index in [9.17, 15) is 4.79 Å². The summed E-state index contributed by atoms with van der Waals surface area (Å²) in [5.41, 5.74) is 12.4. The molecule has 0 fully saturated rings. The number of amides is 1. The lowest BCUT2D eigenvalue weighted by atomic mass is 10.00. The number of nitrogens with one attached hydrogen (secondary N) is 1. The summed E-state index contributed by atoms with van der Waals surface area (Å²) in [6.45, 7) is 3.77. The molecule has 0 spiro atoms. The van der Waals surface area contributed by atoms with Gasteiger partial charge < -0.3 is 16.0 Å². The molecule has 0 aliphatic carbocycles. The Labute approximate surface area is 183 Å². The average molecular weight is 435 g/mol. The number of fused-ring (bicyclic) bond motifs is 2. The number of carbonyl (C=O) groups is 1. The van der Waals surface area contributed by atoms with Crippen LogP contribution in [0.15, 0.2) is 41.8 Å². The number of aromatic nitrogens is 1. The second-order valence-corrected chi connectivity index (χ2v) is 9.67. The molecular formula is C23H22N4OS2. The van der Waals surface area contributed by atoms with Crippen molar-refractivity contribution in [2.75, 3.05) is 24.6 Å². The molecule has 0 saturated heterocycles. The second-order valence-electron chi connectivity index (χ2n) is 7.73. The van der Waals surface area contributed by atoms with Crippen LogP contribution < -0.4 is 11.1 Å². The van der Waals surface area contributed by atoms with E-state index < -0.39 is 0 Å². The number of anilines is 2. The molecule has 4 aromatic rings. The van der Waals surface area contributed by atoms with Crippen LogP contribution in [0, 0.1) is 6.92 Å². The van der Waals surface area contributed by atoms with Gasteiger partial charge in [-0.2, -0.15) is 0 Å². The predicted molar refractivity (Wildman–Crippen MR) is 127 cm³/mol. The molecule has 0 unspecified atom stereocenters. The number of hydrogen-bond donors (Lipinski definition) is 2. The van der Waals surface area contributed by atoms with Crippen LogP contribution in [0.3, 0.4) is 0 Å². The first-order valence-electron chi connectivity index (χ1n) is 9.85. The monoisotopic (exact) mass is 434 g/mol. The van der Waals surface area contributed by atoms with Crippen LogP contribution >= 0.6 is 22.7 Å². The molecule has 3 N–H and O–H groups in total. The number of nitrogens with zero attached hydrogens (tertiary/aromatic N) is 2. The van der Waals surface area contributed by atoms with E-state index in [-0.39, 0.29) is 5.91 Å². The number of nitrogens with two attached hydrogens (primary N) is 1. The molecule has 7 heteroatoms. The Kier molecular flexibility index (Phi) is 4.81. The quantitative estimate of drug-likeness (QED) is 0.467. The van der Waals surface area contributed by atoms with Crippen molar-refractivity contribution in [3.8, 4) is 10.4 Å². The Bertz CT molecular complexity index is 1260. The highest BCUT2D eigenvalue weighted by Crippen LogP contribution is 2.45. The first-order valence-corrected chi connectivity index (χ1v) is 11.5. The molecule has 5 rings (SSSR count). The maximum atomic E-state index is 13.3. The molecule has 0 radical (unpaired) electrons. The number of pyridine rings is 1. The van der Waals surface area contributed by atoms with E-state index in [2.05, 4.69) is 17.3 Å². The summed E-state index contributed by atoms with van der Waals surface area (Å²) < 4.78 is 0. The fraction of sp³-hybridized carbons (Fsp3) is 0.217. The summed E-state index contributed by atoms with van der Waals surface area (Å²) >= 11 is 3.05. The summed E-state index contributed by atoms with van der Waals surface area (Å²) in [6, 6.07) is 11.9. The maximum absolute atomic E-state index is 13.3. The van der Waals surface area contributed by atoms with Crippen LogP contribution in [0.1, 0.15) is 26.5 Å². The third kappa shape index (κ3) is 3.29. The van der Waals surface area contributed by atoms with Crippen LogP contribution in [0.2, 0.25) is 0 Å². The summed E-state index contributed by atoms with van der Waals surface area (Å²) in [7, 11) is 2.10. The Hall–Kier alpha value is -2.74. The number of aryl methyl sites for hydroxylation is 1. The van der Waals surface area contributed by atoms with Crippen LogP contribution in [0.5, 0.6) is 0 Å². The zero-order valence-electron chi connectivity index (χ0n) is 16.9. The average Bonchev–Trinajstić information content (AvgIpc) is 3.36. The molecular weight excluding hydrogens is 412 g/mol. The Morgan fingerprint density at radius 2 is 2.13 bits per heavy atom. The molecule has 0 bridgehead atoms. The van der Waals surface area contributed by atoms with Crippen molar-refractivity contribution in [2.45, 2.75) is 19.9 Å². The van der Waals surface area contributed by atoms with Crippen molar-refractivity contribution in [1.29, 1.82) is 0 Å². The third-order valence-electron chi connectivity index (χ3n) is 5.48. The minimum atomic E-state index is -0.124. The third-order valence-corrected chi connectivity index (χ3v) is 7.45. The molecule has 5 nitrogen and oxygen atoms in total. The molecule has 1 aliphatic heterocycles. The van der Waals surface area contributed by atoms with Gasteiger partial charge in [-0.3, -0.25) is 4.79 Å². The van der Waals surface area contributed by atoms with Gasteiger partial charge in [-0.25, -0.2) is 4.98 Å². The molecule has 1 aliphatic rings. The van der Waals surface area contributed by atoms with E-state index in [1.807, 2.05) is 48.7 Å². The molecule has 0 atom stereocenters. The summed E-state index contributed by atoms with van der Waals surface area (Å²) in [6.07, 6.45) is 0.878. The predicted octanol–water partition coefficient (Wildman–Crippen LogP) is 5.16. The number of hydrogen-bond acceptors (Lipinski definition) is 6. The Morgan fingerprint density at radius 3 is 2.90 bits per heavy atom. The van der Waals surface area contributed by atoms with Crippen molar-refractivity contribution < 1.29 is 4.79 Å². The maximum Gasteiger partial charge on any atom is 0.266 e. The van der Waals surface area contributed by atoms with Crippen molar-refractivity contribution in [1.82, 2.24) is 9.88 Å². The standard InChI is InChI=1S/C23H22N4OS2/c1-13-5-3-6-14(11-13)25-22(28)21-18(17-7-4-10-29-17)19-20(24)15-12-27(2)9-8-16(15)26-23(19)30-21/h3-7,10-11H,8-9,12H2,1-2H3,(H2,24,26)(H,25,28). The number of nitrogen functional groups attached to an aromatic ring is 1. The fourth-order valence-electron chi connectivity index (χ4n) is 4.00. The van der Waals surface area contributed by atoms with Gasteiger partial charge in [0.2, 0.25) is 0 Å². The number of carbonyl (C=O) groups excluding carboxylic acids is 1. The molecule has 1 aromatic carbocycles. The first kappa shape index (κ1) is 19.2. The summed E-state index contributed by atoms with van der Waals surface area (Å²) in [5, 5.41) is 5.99. The van der Waals surface area contributed by atoms with Gasteiger partial charge in [0.15, 0.2) is 0 Å². The lowest BCUT2D eigenvalue weighted by molar-refractivity contribution is 0.103. The number of rotatable bonds is 3. The Morgan fingerprint density at radius 1 is 1.27 bits per heavy atom. The van der Waals surface area contributed by atoms with Gasteiger partial charge in [-0.05, 0) is 43.1 Å². The first-order chi connectivity index (χ1) is 14.5. The van der Waals surface area contributed by atoms with E-state index in [1.54, 1.807) is 11.3 Å². The van der Waals surface area contributed by atoms with Crippen LogP contribution in [0.4, 0.5) is 11.4 Å². The topological polar surface area (TPSA) is 71.2 Å². The van der Waals surface area contributed by atoms with E-state index in [0.717, 1.165) is 68.4 Å². The van der Waals surface area contributed by atoms with Gasteiger partial charge in [-0.15, -0.1) is 22.7 Å². The van der Waals surface area contributed by atoms with E-state index in [1.165, 1.54) is 11.3 Å². The van der Waals surface area contributed by atoms with Gasteiger partial charge in [0.25, 0.3) is 5.91 Å². The van der Waals surface area contributed by atoms with E-state index in [4.69, 9.17) is 10.7 Å². The van der Waals surface area contributed by atoms with Crippen molar-refractivity contribution in [3.63, 3.8) is 0 Å². The molecule has 4 heterocycles. The number of thiophene rings is 2. The lowest BCUT2D eigenvalue weighted by Crippen LogP contribution is -2.28. The zero-order valence-corrected chi connectivity index (χ0v) is 18.5. The van der Waals surface area contributed by atoms with Crippen LogP contribution in [0.25, 0.3) is 20.7 Å². The highest BCUT2D eigenvalue weighted by Gasteiger charge is 2.27. The van der Waals surface area contributed by atoms with Crippen LogP contribution in [-0.4, -0.2) is 29.4 Å². The fourth-order valence-corrected chi connectivity index (χ4v) is 5.97. The summed E-state index contributed by atoms with van der Waals surface area (Å²) in [5.74, 6) is -0.124. The Balaban J connectivity index is 1.69. The van der Waals surface area contributed by atoms with Gasteiger partial charge in [-0.1, -0.05) is 18.2 Å². The molecule has 1 amide bonds. The second kappa shape index (κ2) is 7.50. The zero-order chi connectivity index (χ0) is 20.8. The number of likely N-dealkylation sites (N-methyl/N-ethyl adjacent to an activating group) is 1. The van der Waals surface area contributed by atoms with E-state index >= 15 is 0 Å². The lowest BCUT2D eigenvalue weighted by Gasteiger charge is -2.25. The van der Waals surface area contributed by atoms with Crippen LogP contribution in [-0.2, 0) is 13.0 Å². The largest absolute Gasteiger partial charge is 0.398 e. The highest BCUT2D eigenvalue weighted by atomic mass is 32.1. The minimum absolute atomic E-state index is 0.124. The van der Waals surface area contributed by atoms with Crippen molar-refractivity contribution in [3.05, 3.63) is 63.5 Å². The summed E-state index contributed by atoms with van der Waals surface area (Å²) in [4.78, 5) is 23.1. The van der Waals surface area contributed by atoms with Gasteiger partial charge in [0.1, 0.15) is 9.71 Å². The van der Waals surface area contributed by atoms with Crippen molar-refractivity contribution >= 4 is 50.2 Å². The smallest absolute Gasteiger partial charge is 0.266 e. The molecule has 3 aromatic heterocycles. The van der Waals surface area contributed by atoms with Gasteiger partial charge >= 0.3 is 0 Å². The van der Waals surface area contributed by atoms with Gasteiger partial charge in [0, 0.05) is 58.0 Å². The minimum Gasteiger partial charge on any atom is -0.398 e. The molecule has 30 heavy (non-hydrogen) atoms. The normalized spacial score (nSPS) is 14.1. The van der Waals surface area contributed by atoms with E-state index in [0.29, 0.717) is 4.88 Å². The van der Waals surface area contributed by atoms with Gasteiger partial charge in [0.05, 0.1) is 0 Å². The molecule has 0 saturated carbocycles. The van der Waals surface area contributed by atoms with Crippen molar-refractivity contribution in [2.24, 2.45) is 0 Å². The highest BCUT2D eigenvalue weighted by molar-refractivity contribution is 7.22. The molecule has 152 valence electrons.